The third-order valence-electron chi connectivity index (χ3n) is 6.87. The van der Waals surface area contributed by atoms with Gasteiger partial charge in [-0.2, -0.15) is 13.2 Å². The quantitative estimate of drug-likeness (QED) is 0.206. The van der Waals surface area contributed by atoms with Crippen molar-refractivity contribution in [2.75, 3.05) is 6.54 Å². The van der Waals surface area contributed by atoms with Crippen LogP contribution in [0.4, 0.5) is 13.2 Å². The molecule has 5 nitrogen and oxygen atoms in total. The Balaban J connectivity index is 0.00000462. The second-order valence-corrected chi connectivity index (χ2v) is 10.7. The average molecular weight is 587 g/mol. The van der Waals surface area contributed by atoms with Gasteiger partial charge in [0.25, 0.3) is 5.91 Å². The van der Waals surface area contributed by atoms with Gasteiger partial charge in [0.15, 0.2) is 0 Å². The fourth-order valence-electron chi connectivity index (χ4n) is 4.90. The van der Waals surface area contributed by atoms with Gasteiger partial charge in [0, 0.05) is 29.3 Å². The minimum absolute atomic E-state index is 0. The molecule has 0 saturated heterocycles. The molecule has 0 aliphatic rings. The molecule has 9 heteroatoms. The number of hydrogen-bond donors (Lipinski definition) is 2. The van der Waals surface area contributed by atoms with E-state index in [0.717, 1.165) is 35.0 Å². The number of fused-ring (bicyclic) bond motifs is 1. The molecule has 0 aliphatic carbocycles. The van der Waals surface area contributed by atoms with Gasteiger partial charge in [-0.05, 0) is 78.4 Å². The summed E-state index contributed by atoms with van der Waals surface area (Å²) < 4.78 is 41.6. The summed E-state index contributed by atoms with van der Waals surface area (Å²) in [4.78, 5) is 23.1. The third-order valence-corrected chi connectivity index (χ3v) is 7.18. The maximum atomic E-state index is 13.2. The Hall–Kier alpha value is -3.78. The minimum atomic E-state index is -4.41. The van der Waals surface area contributed by atoms with Crippen LogP contribution in [0.1, 0.15) is 67.2 Å². The van der Waals surface area contributed by atoms with E-state index in [-0.39, 0.29) is 32.3 Å². The molecule has 1 amide bonds. The SMILES string of the molecule is C.Cc1cc(C(F)(F)F)ccc1-c1cc2ccn(C(CC(C)C)c3ccc(C(=O)NCCC(=O)O)cc3)c2cc1Cl. The van der Waals surface area contributed by atoms with Crippen molar-refractivity contribution in [3.8, 4) is 11.1 Å². The molecule has 0 aliphatic heterocycles. The summed E-state index contributed by atoms with van der Waals surface area (Å²) in [5.74, 6) is -0.962. The highest BCUT2D eigenvalue weighted by Gasteiger charge is 2.31. The highest BCUT2D eigenvalue weighted by atomic mass is 35.5. The Morgan fingerprint density at radius 1 is 1.00 bits per heavy atom. The Labute approximate surface area is 242 Å². The molecule has 4 aromatic rings. The molecule has 2 N–H and O–H groups in total. The number of hydrogen-bond acceptors (Lipinski definition) is 2. The van der Waals surface area contributed by atoms with Gasteiger partial charge in [-0.3, -0.25) is 9.59 Å². The van der Waals surface area contributed by atoms with Crippen LogP contribution < -0.4 is 5.32 Å². The van der Waals surface area contributed by atoms with Crippen molar-refractivity contribution in [1.29, 1.82) is 0 Å². The molecule has 0 bridgehead atoms. The number of nitrogens with one attached hydrogen (secondary N) is 1. The van der Waals surface area contributed by atoms with E-state index in [9.17, 15) is 22.8 Å². The molecule has 218 valence electrons. The van der Waals surface area contributed by atoms with E-state index < -0.39 is 17.7 Å². The lowest BCUT2D eigenvalue weighted by Crippen LogP contribution is -2.26. The number of amides is 1. The molecule has 1 unspecified atom stereocenters. The Kier molecular flexibility index (Phi) is 9.92. The van der Waals surface area contributed by atoms with Crippen LogP contribution in [0, 0.1) is 12.8 Å². The number of carboxylic acids is 1. The summed E-state index contributed by atoms with van der Waals surface area (Å²) in [7, 11) is 0. The zero-order chi connectivity index (χ0) is 29.2. The molecule has 0 saturated carbocycles. The van der Waals surface area contributed by atoms with Gasteiger partial charge >= 0.3 is 12.1 Å². The molecule has 41 heavy (non-hydrogen) atoms. The van der Waals surface area contributed by atoms with Crippen molar-refractivity contribution < 1.29 is 27.9 Å². The molecule has 3 aromatic carbocycles. The maximum absolute atomic E-state index is 13.2. The average Bonchev–Trinajstić information content (AvgIpc) is 3.28. The van der Waals surface area contributed by atoms with Crippen molar-refractivity contribution in [1.82, 2.24) is 9.88 Å². The molecule has 0 radical (unpaired) electrons. The lowest BCUT2D eigenvalue weighted by Gasteiger charge is -2.23. The summed E-state index contributed by atoms with van der Waals surface area (Å²) >= 11 is 6.72. The smallest absolute Gasteiger partial charge is 0.416 e. The zero-order valence-corrected chi connectivity index (χ0v) is 23.1. The number of nitrogens with zero attached hydrogens (tertiary/aromatic N) is 1. The van der Waals surface area contributed by atoms with Crippen LogP contribution in [0.2, 0.25) is 5.02 Å². The standard InChI is InChI=1S/C31H30ClF3N2O3.CH4/c1-18(2)14-27(20-4-6-21(7-5-20)30(40)36-12-10-29(38)39)37-13-11-22-16-25(26(32)17-28(22)37)24-9-8-23(15-19(24)3)31(33,34)35;/h4-9,11,13,15-18,27H,10,12,14H2,1-3H3,(H,36,40)(H,38,39);1H4. The van der Waals surface area contributed by atoms with Gasteiger partial charge in [-0.25, -0.2) is 0 Å². The summed E-state index contributed by atoms with van der Waals surface area (Å²) in [5.41, 5.74) is 3.42. The Bertz CT molecular complexity index is 1540. The number of carbonyl (C=O) groups is 2. The normalized spacial score (nSPS) is 12.3. The summed E-state index contributed by atoms with van der Waals surface area (Å²) in [5, 5.41) is 12.7. The van der Waals surface area contributed by atoms with E-state index >= 15 is 0 Å². The number of aliphatic carboxylic acids is 1. The fourth-order valence-corrected chi connectivity index (χ4v) is 5.16. The van der Waals surface area contributed by atoms with Gasteiger partial charge in [0.2, 0.25) is 0 Å². The maximum Gasteiger partial charge on any atom is 0.416 e. The second kappa shape index (κ2) is 12.8. The van der Waals surface area contributed by atoms with Crippen molar-refractivity contribution >= 4 is 34.4 Å². The van der Waals surface area contributed by atoms with E-state index in [1.54, 1.807) is 19.1 Å². The Morgan fingerprint density at radius 3 is 2.27 bits per heavy atom. The van der Waals surface area contributed by atoms with Gasteiger partial charge in [0.1, 0.15) is 0 Å². The first-order chi connectivity index (χ1) is 18.8. The zero-order valence-electron chi connectivity index (χ0n) is 22.3. The number of carboxylic acid groups (broad SMARTS) is 1. The van der Waals surface area contributed by atoms with Gasteiger partial charge in [-0.1, -0.05) is 51.1 Å². The molecule has 1 atom stereocenters. The van der Waals surface area contributed by atoms with E-state index in [1.807, 2.05) is 36.5 Å². The predicted molar refractivity (Wildman–Crippen MR) is 157 cm³/mol. The Morgan fingerprint density at radius 2 is 1.68 bits per heavy atom. The van der Waals surface area contributed by atoms with Crippen LogP contribution >= 0.6 is 11.6 Å². The first-order valence-electron chi connectivity index (χ1n) is 12.9. The predicted octanol–water partition coefficient (Wildman–Crippen LogP) is 8.77. The number of rotatable bonds is 9. The molecular weight excluding hydrogens is 553 g/mol. The monoisotopic (exact) mass is 586 g/mol. The number of halogens is 4. The summed E-state index contributed by atoms with van der Waals surface area (Å²) in [6.07, 6.45) is -1.78. The number of alkyl halides is 3. The lowest BCUT2D eigenvalue weighted by atomic mass is 9.95. The highest BCUT2D eigenvalue weighted by molar-refractivity contribution is 6.34. The van der Waals surface area contributed by atoms with E-state index in [4.69, 9.17) is 16.7 Å². The number of aryl methyl sites for hydroxylation is 1. The lowest BCUT2D eigenvalue weighted by molar-refractivity contribution is -0.138. The van der Waals surface area contributed by atoms with Crippen molar-refractivity contribution in [3.05, 3.63) is 94.1 Å². The van der Waals surface area contributed by atoms with Crippen molar-refractivity contribution in [3.63, 3.8) is 0 Å². The molecule has 4 rings (SSSR count). The van der Waals surface area contributed by atoms with E-state index in [0.29, 0.717) is 33.2 Å². The van der Waals surface area contributed by atoms with Crippen LogP contribution in [0.5, 0.6) is 0 Å². The van der Waals surface area contributed by atoms with Gasteiger partial charge in [0.05, 0.1) is 28.6 Å². The molecule has 1 heterocycles. The summed E-state index contributed by atoms with van der Waals surface area (Å²) in [6, 6.07) is 16.6. The number of benzene rings is 3. The largest absolute Gasteiger partial charge is 0.481 e. The van der Waals surface area contributed by atoms with Gasteiger partial charge < -0.3 is 15.0 Å². The van der Waals surface area contributed by atoms with E-state index in [1.165, 1.54) is 6.07 Å². The van der Waals surface area contributed by atoms with Crippen LogP contribution in [0.15, 0.2) is 66.9 Å². The first-order valence-corrected chi connectivity index (χ1v) is 13.3. The molecule has 0 spiro atoms. The summed E-state index contributed by atoms with van der Waals surface area (Å²) in [6.45, 7) is 5.95. The third kappa shape index (κ3) is 7.30. The minimum Gasteiger partial charge on any atom is -0.481 e. The van der Waals surface area contributed by atoms with Crippen molar-refractivity contribution in [2.24, 2.45) is 5.92 Å². The molecule has 1 aromatic heterocycles. The first kappa shape index (κ1) is 31.7. The van der Waals surface area contributed by atoms with Crippen LogP contribution in [0.3, 0.4) is 0 Å². The molecular formula is C32H34ClF3N2O3. The van der Waals surface area contributed by atoms with Crippen LogP contribution in [-0.2, 0) is 11.0 Å². The topological polar surface area (TPSA) is 71.3 Å². The number of aromatic nitrogens is 1. The highest BCUT2D eigenvalue weighted by Crippen LogP contribution is 2.39. The fraction of sp³-hybridized carbons (Fsp3) is 0.312. The van der Waals surface area contributed by atoms with E-state index in [2.05, 4.69) is 23.7 Å². The van der Waals surface area contributed by atoms with Crippen LogP contribution in [-0.4, -0.2) is 28.1 Å². The van der Waals surface area contributed by atoms with Crippen LogP contribution in [0.25, 0.3) is 22.0 Å². The van der Waals surface area contributed by atoms with Crippen molar-refractivity contribution in [2.45, 2.75) is 53.3 Å². The van der Waals surface area contributed by atoms with Gasteiger partial charge in [-0.15, -0.1) is 0 Å². The second-order valence-electron chi connectivity index (χ2n) is 10.3. The number of carbonyl (C=O) groups excluding carboxylic acids is 1. The molecule has 0 fully saturated rings.